The van der Waals surface area contributed by atoms with E-state index in [1.54, 1.807) is 20.8 Å². The fourth-order valence-electron chi connectivity index (χ4n) is 1.81. The molecule has 0 unspecified atom stereocenters. The first-order chi connectivity index (χ1) is 10.0. The fraction of sp³-hybridized carbons (Fsp3) is 0.875. The van der Waals surface area contributed by atoms with Gasteiger partial charge in [-0.2, -0.15) is 0 Å². The summed E-state index contributed by atoms with van der Waals surface area (Å²) in [6.07, 6.45) is 0.654. The summed E-state index contributed by atoms with van der Waals surface area (Å²) in [6.45, 7) is 11.8. The summed E-state index contributed by atoms with van der Waals surface area (Å²) < 4.78 is 5.20. The summed E-state index contributed by atoms with van der Waals surface area (Å²) in [5.74, 6) is 0.189. The van der Waals surface area contributed by atoms with Crippen molar-refractivity contribution in [3.8, 4) is 0 Å². The maximum absolute atomic E-state index is 12.2. The number of ether oxygens (including phenoxy) is 1. The molecule has 0 saturated carbocycles. The molecule has 2 amide bonds. The Morgan fingerprint density at radius 2 is 1.77 bits per heavy atom. The Labute approximate surface area is 134 Å². The van der Waals surface area contributed by atoms with E-state index in [0.29, 0.717) is 19.4 Å². The topological polar surface area (TPSA) is 87.7 Å². The molecular formula is C16H32N2O4. The van der Waals surface area contributed by atoms with Crippen molar-refractivity contribution in [2.24, 2.45) is 11.8 Å². The molecule has 130 valence electrons. The Balaban J connectivity index is 4.49. The van der Waals surface area contributed by atoms with Gasteiger partial charge in [0.1, 0.15) is 11.6 Å². The van der Waals surface area contributed by atoms with Crippen LogP contribution in [-0.2, 0) is 9.53 Å². The van der Waals surface area contributed by atoms with Crippen molar-refractivity contribution >= 4 is 12.0 Å². The second-order valence-electron chi connectivity index (χ2n) is 7.20. The normalized spacial score (nSPS) is 14.4. The molecule has 22 heavy (non-hydrogen) atoms. The molecule has 0 aliphatic carbocycles. The van der Waals surface area contributed by atoms with E-state index in [-0.39, 0.29) is 24.3 Å². The van der Waals surface area contributed by atoms with Crippen molar-refractivity contribution in [1.82, 2.24) is 10.6 Å². The first-order valence-electron chi connectivity index (χ1n) is 7.93. The van der Waals surface area contributed by atoms with Gasteiger partial charge in [-0.1, -0.05) is 20.8 Å². The van der Waals surface area contributed by atoms with Gasteiger partial charge in [-0.15, -0.1) is 0 Å². The van der Waals surface area contributed by atoms with Gasteiger partial charge in [0.15, 0.2) is 0 Å². The van der Waals surface area contributed by atoms with Crippen LogP contribution in [0.4, 0.5) is 4.79 Å². The lowest BCUT2D eigenvalue weighted by atomic mass is 10.0. The molecule has 0 spiro atoms. The summed E-state index contributed by atoms with van der Waals surface area (Å²) >= 11 is 0. The lowest BCUT2D eigenvalue weighted by Crippen LogP contribution is -2.49. The van der Waals surface area contributed by atoms with Crippen LogP contribution in [0, 0.1) is 11.8 Å². The minimum atomic E-state index is -0.612. The highest BCUT2D eigenvalue weighted by Gasteiger charge is 2.24. The first kappa shape index (κ1) is 20.7. The zero-order valence-corrected chi connectivity index (χ0v) is 14.7. The minimum absolute atomic E-state index is 0.0987. The van der Waals surface area contributed by atoms with Crippen LogP contribution in [0.25, 0.3) is 0 Å². The Bertz CT molecular complexity index is 351. The number of rotatable bonds is 8. The van der Waals surface area contributed by atoms with Gasteiger partial charge < -0.3 is 20.5 Å². The summed E-state index contributed by atoms with van der Waals surface area (Å²) in [6, 6.07) is -0.612. The number of hydrogen-bond acceptors (Lipinski definition) is 4. The molecular weight excluding hydrogens is 284 g/mol. The Hall–Kier alpha value is -1.30. The number of aliphatic hydroxyl groups is 1. The third-order valence-corrected chi connectivity index (χ3v) is 2.96. The summed E-state index contributed by atoms with van der Waals surface area (Å²) in [4.78, 5) is 24.0. The molecule has 0 aromatic rings. The lowest BCUT2D eigenvalue weighted by Gasteiger charge is -2.24. The van der Waals surface area contributed by atoms with Crippen LogP contribution in [-0.4, -0.2) is 41.9 Å². The first-order valence-corrected chi connectivity index (χ1v) is 7.93. The van der Waals surface area contributed by atoms with E-state index in [9.17, 15) is 9.59 Å². The van der Waals surface area contributed by atoms with Crippen molar-refractivity contribution in [1.29, 1.82) is 0 Å². The minimum Gasteiger partial charge on any atom is -0.444 e. The summed E-state index contributed by atoms with van der Waals surface area (Å²) in [7, 11) is 0. The monoisotopic (exact) mass is 316 g/mol. The second kappa shape index (κ2) is 9.66. The van der Waals surface area contributed by atoms with Gasteiger partial charge >= 0.3 is 6.09 Å². The smallest absolute Gasteiger partial charge is 0.408 e. The van der Waals surface area contributed by atoms with E-state index in [1.807, 2.05) is 20.8 Å². The predicted molar refractivity (Wildman–Crippen MR) is 86.5 cm³/mol. The molecule has 0 aromatic heterocycles. The predicted octanol–water partition coefficient (Wildman–Crippen LogP) is 2.06. The maximum Gasteiger partial charge on any atom is 0.408 e. The lowest BCUT2D eigenvalue weighted by molar-refractivity contribution is -0.123. The molecule has 0 heterocycles. The van der Waals surface area contributed by atoms with E-state index in [1.165, 1.54) is 0 Å². The van der Waals surface area contributed by atoms with Gasteiger partial charge in [0.05, 0.1) is 0 Å². The number of carbonyl (C=O) groups is 2. The van der Waals surface area contributed by atoms with E-state index < -0.39 is 17.7 Å². The molecule has 0 rings (SSSR count). The van der Waals surface area contributed by atoms with Crippen molar-refractivity contribution < 1.29 is 19.4 Å². The number of hydrogen-bond donors (Lipinski definition) is 3. The van der Waals surface area contributed by atoms with E-state index >= 15 is 0 Å². The molecule has 0 aliphatic rings. The van der Waals surface area contributed by atoms with E-state index in [0.717, 1.165) is 0 Å². The SMILES string of the molecule is CC(C)C[C@H](NC(=O)OC(C)(C)C)C(=O)NCC[C@@H](C)CO. The summed E-state index contributed by atoms with van der Waals surface area (Å²) in [5, 5.41) is 14.4. The highest BCUT2D eigenvalue weighted by Crippen LogP contribution is 2.09. The summed E-state index contributed by atoms with van der Waals surface area (Å²) in [5.41, 5.74) is -0.598. The molecule has 0 fully saturated rings. The van der Waals surface area contributed by atoms with Gasteiger partial charge in [0.2, 0.25) is 5.91 Å². The van der Waals surface area contributed by atoms with Gasteiger partial charge in [-0.25, -0.2) is 4.79 Å². The zero-order chi connectivity index (χ0) is 17.3. The third-order valence-electron chi connectivity index (χ3n) is 2.96. The largest absolute Gasteiger partial charge is 0.444 e. The standard InChI is InChI=1S/C16H32N2O4/c1-11(2)9-13(18-15(21)22-16(4,5)6)14(20)17-8-7-12(3)10-19/h11-13,19H,7-10H2,1-6H3,(H,17,20)(H,18,21)/t12-,13+/m1/s1. The Morgan fingerprint density at radius 1 is 1.18 bits per heavy atom. The molecule has 0 aromatic carbocycles. The van der Waals surface area contributed by atoms with Crippen LogP contribution in [0.15, 0.2) is 0 Å². The molecule has 3 N–H and O–H groups in total. The van der Waals surface area contributed by atoms with Crippen LogP contribution in [0.2, 0.25) is 0 Å². The average Bonchev–Trinajstić information content (AvgIpc) is 2.34. The number of carbonyl (C=O) groups excluding carboxylic acids is 2. The average molecular weight is 316 g/mol. The highest BCUT2D eigenvalue weighted by atomic mass is 16.6. The number of alkyl carbamates (subject to hydrolysis) is 1. The maximum atomic E-state index is 12.2. The molecule has 0 saturated heterocycles. The van der Waals surface area contributed by atoms with Crippen LogP contribution >= 0.6 is 0 Å². The fourth-order valence-corrected chi connectivity index (χ4v) is 1.81. The molecule has 0 radical (unpaired) electrons. The number of nitrogens with one attached hydrogen (secondary N) is 2. The Morgan fingerprint density at radius 3 is 2.23 bits per heavy atom. The molecule has 0 aliphatic heterocycles. The van der Waals surface area contributed by atoms with Crippen LogP contribution in [0.1, 0.15) is 54.4 Å². The van der Waals surface area contributed by atoms with Gasteiger partial charge in [0.25, 0.3) is 0 Å². The Kier molecular flexibility index (Phi) is 9.09. The van der Waals surface area contributed by atoms with Crippen molar-refractivity contribution in [3.63, 3.8) is 0 Å². The second-order valence-corrected chi connectivity index (χ2v) is 7.20. The van der Waals surface area contributed by atoms with Crippen molar-refractivity contribution in [2.75, 3.05) is 13.2 Å². The molecule has 6 heteroatoms. The van der Waals surface area contributed by atoms with Gasteiger partial charge in [-0.05, 0) is 45.4 Å². The molecule has 2 atom stereocenters. The quantitative estimate of drug-likeness (QED) is 0.639. The van der Waals surface area contributed by atoms with Crippen LogP contribution < -0.4 is 10.6 Å². The van der Waals surface area contributed by atoms with Gasteiger partial charge in [0, 0.05) is 13.2 Å². The van der Waals surface area contributed by atoms with Crippen molar-refractivity contribution in [2.45, 2.75) is 66.0 Å². The van der Waals surface area contributed by atoms with E-state index in [4.69, 9.17) is 9.84 Å². The number of amides is 2. The molecule has 6 nitrogen and oxygen atoms in total. The zero-order valence-electron chi connectivity index (χ0n) is 14.7. The molecule has 0 bridgehead atoms. The third kappa shape index (κ3) is 10.4. The highest BCUT2D eigenvalue weighted by molar-refractivity contribution is 5.85. The number of aliphatic hydroxyl groups excluding tert-OH is 1. The van der Waals surface area contributed by atoms with E-state index in [2.05, 4.69) is 10.6 Å². The van der Waals surface area contributed by atoms with Crippen molar-refractivity contribution in [3.05, 3.63) is 0 Å². The van der Waals surface area contributed by atoms with Crippen LogP contribution in [0.3, 0.4) is 0 Å². The van der Waals surface area contributed by atoms with Gasteiger partial charge in [-0.3, -0.25) is 4.79 Å². The van der Waals surface area contributed by atoms with Crippen LogP contribution in [0.5, 0.6) is 0 Å².